The molecule has 0 aliphatic heterocycles. The third-order valence-electron chi connectivity index (χ3n) is 5.40. The van der Waals surface area contributed by atoms with Gasteiger partial charge in [0.2, 0.25) is 0 Å². The summed E-state index contributed by atoms with van der Waals surface area (Å²) in [5.74, 6) is 0.561. The van der Waals surface area contributed by atoms with Crippen LogP contribution in [0.2, 0.25) is 0 Å². The number of hydrogen-bond donors (Lipinski definition) is 1. The third kappa shape index (κ3) is 4.34. The van der Waals surface area contributed by atoms with E-state index in [1.165, 1.54) is 0 Å². The second kappa shape index (κ2) is 8.98. The van der Waals surface area contributed by atoms with Crippen molar-refractivity contribution >= 4 is 12.1 Å². The van der Waals surface area contributed by atoms with Crippen LogP contribution in [-0.2, 0) is 0 Å². The molecular formula is C26H26N4O2. The molecule has 0 saturated carbocycles. The first-order valence-corrected chi connectivity index (χ1v) is 10.4. The Hall–Kier alpha value is -4.06. The number of nitrogens with zero attached hydrogens (tertiary/aromatic N) is 3. The number of carbonyl (C=O) groups is 1. The van der Waals surface area contributed by atoms with E-state index in [9.17, 15) is 4.79 Å². The van der Waals surface area contributed by atoms with Crippen molar-refractivity contribution in [1.82, 2.24) is 14.6 Å². The zero-order valence-corrected chi connectivity index (χ0v) is 18.7. The van der Waals surface area contributed by atoms with E-state index in [2.05, 4.69) is 31.8 Å². The molecule has 0 bridgehead atoms. The van der Waals surface area contributed by atoms with Gasteiger partial charge in [0, 0.05) is 45.8 Å². The molecule has 0 unspecified atom stereocenters. The maximum Gasteiger partial charge on any atom is 0.271 e. The minimum absolute atomic E-state index is 0.253. The van der Waals surface area contributed by atoms with E-state index >= 15 is 0 Å². The molecule has 0 aliphatic rings. The Morgan fingerprint density at radius 1 is 0.906 bits per heavy atom. The molecule has 6 heteroatoms. The van der Waals surface area contributed by atoms with Gasteiger partial charge in [-0.2, -0.15) is 5.10 Å². The molecular weight excluding hydrogens is 400 g/mol. The minimum Gasteiger partial charge on any atom is -0.497 e. The Labute approximate surface area is 187 Å². The van der Waals surface area contributed by atoms with Crippen LogP contribution in [0.15, 0.2) is 78.0 Å². The van der Waals surface area contributed by atoms with Crippen molar-refractivity contribution in [1.29, 1.82) is 0 Å². The maximum absolute atomic E-state index is 12.6. The number of amides is 1. The molecule has 0 atom stereocenters. The lowest BCUT2D eigenvalue weighted by Gasteiger charge is -2.10. The lowest BCUT2D eigenvalue weighted by Crippen LogP contribution is -2.18. The predicted molar refractivity (Wildman–Crippen MR) is 127 cm³/mol. The zero-order chi connectivity index (χ0) is 22.7. The molecule has 0 saturated heterocycles. The number of aromatic nitrogens is 2. The first-order valence-electron chi connectivity index (χ1n) is 10.4. The summed E-state index contributed by atoms with van der Waals surface area (Å²) in [4.78, 5) is 12.6. The Balaban J connectivity index is 1.47. The number of methoxy groups -OCH3 is 1. The summed E-state index contributed by atoms with van der Waals surface area (Å²) in [5, 5.41) is 4.16. The number of carbonyl (C=O) groups excluding carboxylic acids is 1. The third-order valence-corrected chi connectivity index (χ3v) is 5.40. The van der Waals surface area contributed by atoms with Gasteiger partial charge >= 0.3 is 0 Å². The van der Waals surface area contributed by atoms with Crippen LogP contribution in [0.3, 0.4) is 0 Å². The van der Waals surface area contributed by atoms with Gasteiger partial charge in [0.1, 0.15) is 5.75 Å². The fraction of sp³-hybridized carbons (Fsp3) is 0.154. The second-order valence-electron chi connectivity index (χ2n) is 7.68. The molecule has 0 aliphatic carbocycles. The van der Waals surface area contributed by atoms with E-state index in [-0.39, 0.29) is 5.91 Å². The molecule has 2 aromatic heterocycles. The fourth-order valence-corrected chi connectivity index (χ4v) is 3.78. The van der Waals surface area contributed by atoms with Crippen molar-refractivity contribution in [2.45, 2.75) is 20.8 Å². The van der Waals surface area contributed by atoms with Crippen LogP contribution in [-0.4, -0.2) is 28.4 Å². The number of hydrazone groups is 1. The smallest absolute Gasteiger partial charge is 0.271 e. The van der Waals surface area contributed by atoms with E-state index in [0.29, 0.717) is 5.56 Å². The van der Waals surface area contributed by atoms with Crippen molar-refractivity contribution in [3.05, 3.63) is 101 Å². The Bertz CT molecular complexity index is 1260. The van der Waals surface area contributed by atoms with E-state index in [4.69, 9.17) is 4.74 Å². The highest BCUT2D eigenvalue weighted by Crippen LogP contribution is 2.19. The summed E-state index contributed by atoms with van der Waals surface area (Å²) in [6.07, 6.45) is 3.63. The maximum atomic E-state index is 12.6. The summed E-state index contributed by atoms with van der Waals surface area (Å²) in [7, 11) is 1.65. The highest BCUT2D eigenvalue weighted by Gasteiger charge is 2.09. The Morgan fingerprint density at radius 3 is 2.31 bits per heavy atom. The van der Waals surface area contributed by atoms with Crippen molar-refractivity contribution in [3.63, 3.8) is 0 Å². The van der Waals surface area contributed by atoms with Crippen molar-refractivity contribution < 1.29 is 9.53 Å². The topological polar surface area (TPSA) is 60.5 Å². The van der Waals surface area contributed by atoms with E-state index < -0.39 is 0 Å². The average Bonchev–Trinajstić information content (AvgIpc) is 3.34. The quantitative estimate of drug-likeness (QED) is 0.350. The zero-order valence-electron chi connectivity index (χ0n) is 18.7. The van der Waals surface area contributed by atoms with Crippen LogP contribution >= 0.6 is 0 Å². The molecule has 6 nitrogen and oxygen atoms in total. The van der Waals surface area contributed by atoms with Crippen LogP contribution in [0.4, 0.5) is 0 Å². The van der Waals surface area contributed by atoms with Gasteiger partial charge in [-0.3, -0.25) is 4.79 Å². The second-order valence-corrected chi connectivity index (χ2v) is 7.68. The molecule has 0 radical (unpaired) electrons. The molecule has 0 spiro atoms. The largest absolute Gasteiger partial charge is 0.497 e. The molecule has 1 amide bonds. The molecule has 4 rings (SSSR count). The number of nitrogens with one attached hydrogen (secondary N) is 1. The van der Waals surface area contributed by atoms with Gasteiger partial charge in [-0.05, 0) is 81.4 Å². The van der Waals surface area contributed by atoms with E-state index in [0.717, 1.165) is 39.8 Å². The van der Waals surface area contributed by atoms with E-state index in [1.54, 1.807) is 19.4 Å². The van der Waals surface area contributed by atoms with Crippen molar-refractivity contribution in [2.75, 3.05) is 7.11 Å². The van der Waals surface area contributed by atoms with Gasteiger partial charge < -0.3 is 13.9 Å². The summed E-state index contributed by atoms with van der Waals surface area (Å²) >= 11 is 0. The van der Waals surface area contributed by atoms with Gasteiger partial charge in [0.05, 0.1) is 13.3 Å². The standard InChI is InChI=1S/C26H26N4O2/c1-18-8-9-19(2)30(18)24-7-5-6-22(15-24)26(31)28-27-16-21-14-20(3)29(17-21)23-10-12-25(32-4)13-11-23/h5-17H,1-4H3,(H,28,31)/b27-16-. The van der Waals surface area contributed by atoms with E-state index in [1.807, 2.05) is 75.5 Å². The van der Waals surface area contributed by atoms with Gasteiger partial charge in [0.15, 0.2) is 0 Å². The summed E-state index contributed by atoms with van der Waals surface area (Å²) in [6.45, 7) is 6.12. The Morgan fingerprint density at radius 2 is 1.62 bits per heavy atom. The Kier molecular flexibility index (Phi) is 5.94. The lowest BCUT2D eigenvalue weighted by molar-refractivity contribution is 0.0955. The number of hydrogen-bond acceptors (Lipinski definition) is 3. The molecule has 2 heterocycles. The number of benzene rings is 2. The van der Waals surface area contributed by atoms with Gasteiger partial charge in [-0.25, -0.2) is 5.43 Å². The lowest BCUT2D eigenvalue weighted by atomic mass is 10.2. The molecule has 2 aromatic carbocycles. The van der Waals surface area contributed by atoms with Crippen LogP contribution in [0.25, 0.3) is 11.4 Å². The normalized spacial score (nSPS) is 11.1. The predicted octanol–water partition coefficient (Wildman–Crippen LogP) is 4.97. The monoisotopic (exact) mass is 426 g/mol. The first kappa shape index (κ1) is 21.2. The summed E-state index contributed by atoms with van der Waals surface area (Å²) in [5.41, 5.74) is 9.36. The van der Waals surface area contributed by atoms with Crippen LogP contribution < -0.4 is 10.2 Å². The molecule has 32 heavy (non-hydrogen) atoms. The molecule has 4 aromatic rings. The summed E-state index contributed by atoms with van der Waals surface area (Å²) in [6, 6.07) is 21.5. The molecule has 162 valence electrons. The highest BCUT2D eigenvalue weighted by atomic mass is 16.5. The highest BCUT2D eigenvalue weighted by molar-refractivity contribution is 5.95. The fourth-order valence-electron chi connectivity index (χ4n) is 3.78. The minimum atomic E-state index is -0.253. The van der Waals surface area contributed by atoms with Gasteiger partial charge in [-0.1, -0.05) is 6.07 Å². The number of rotatable bonds is 6. The average molecular weight is 427 g/mol. The SMILES string of the molecule is COc1ccc(-n2cc(/C=N\NC(=O)c3cccc(-n4c(C)ccc4C)c3)cc2C)cc1. The van der Waals surface area contributed by atoms with Crippen LogP contribution in [0, 0.1) is 20.8 Å². The summed E-state index contributed by atoms with van der Waals surface area (Å²) < 4.78 is 9.40. The van der Waals surface area contributed by atoms with Gasteiger partial charge in [0.25, 0.3) is 5.91 Å². The van der Waals surface area contributed by atoms with Crippen LogP contribution in [0.5, 0.6) is 5.75 Å². The number of aryl methyl sites for hydroxylation is 3. The molecule has 0 fully saturated rings. The van der Waals surface area contributed by atoms with Gasteiger partial charge in [-0.15, -0.1) is 0 Å². The first-order chi connectivity index (χ1) is 15.5. The molecule has 1 N–H and O–H groups in total. The van der Waals surface area contributed by atoms with Crippen molar-refractivity contribution in [2.24, 2.45) is 5.10 Å². The van der Waals surface area contributed by atoms with Crippen LogP contribution in [0.1, 0.15) is 33.0 Å². The number of ether oxygens (including phenoxy) is 1. The van der Waals surface area contributed by atoms with Crippen molar-refractivity contribution in [3.8, 4) is 17.1 Å².